The minimum absolute atomic E-state index is 0.0256. The van der Waals surface area contributed by atoms with Gasteiger partial charge in [-0.15, -0.1) is 0 Å². The van der Waals surface area contributed by atoms with Crippen molar-refractivity contribution in [3.63, 3.8) is 0 Å². The highest BCUT2D eigenvalue weighted by Crippen LogP contribution is 2.38. The average molecular weight is 226 g/mol. The maximum absolute atomic E-state index is 12.2. The van der Waals surface area contributed by atoms with E-state index in [0.717, 1.165) is 5.57 Å². The fourth-order valence-electron chi connectivity index (χ4n) is 2.31. The van der Waals surface area contributed by atoms with E-state index in [1.54, 1.807) is 24.3 Å². The number of hydrogen-bond acceptors (Lipinski definition) is 3. The Balaban J connectivity index is 2.27. The molecule has 3 heteroatoms. The molecule has 3 nitrogen and oxygen atoms in total. The van der Waals surface area contributed by atoms with Crippen LogP contribution in [0.4, 0.5) is 0 Å². The van der Waals surface area contributed by atoms with Crippen LogP contribution in [-0.2, 0) is 0 Å². The van der Waals surface area contributed by atoms with Gasteiger partial charge >= 0.3 is 0 Å². The number of rotatable bonds is 0. The second-order valence-electron chi connectivity index (χ2n) is 4.13. The number of benzene rings is 1. The van der Waals surface area contributed by atoms with E-state index >= 15 is 0 Å². The second kappa shape index (κ2) is 3.35. The van der Waals surface area contributed by atoms with Crippen molar-refractivity contribution >= 4 is 11.9 Å². The number of allylic oxidation sites excluding steroid dienone is 4. The van der Waals surface area contributed by atoms with Gasteiger partial charge in [0.25, 0.3) is 0 Å². The van der Waals surface area contributed by atoms with E-state index in [1.807, 2.05) is 6.08 Å². The van der Waals surface area contributed by atoms with Crippen LogP contribution in [0.1, 0.15) is 15.9 Å². The molecule has 0 saturated carbocycles. The summed E-state index contributed by atoms with van der Waals surface area (Å²) in [6.07, 6.45) is 6.83. The Morgan fingerprint density at radius 3 is 2.82 bits per heavy atom. The minimum Gasteiger partial charge on any atom is -0.511 e. The van der Waals surface area contributed by atoms with Crippen LogP contribution in [-0.4, -0.2) is 16.0 Å². The lowest BCUT2D eigenvalue weighted by atomic mass is 9.79. The largest absolute Gasteiger partial charge is 0.511 e. The molecule has 0 radical (unpaired) electrons. The summed E-state index contributed by atoms with van der Waals surface area (Å²) in [6, 6.07) is 4.95. The van der Waals surface area contributed by atoms with Gasteiger partial charge in [0.1, 0.15) is 17.4 Å². The molecule has 0 fully saturated rings. The first-order chi connectivity index (χ1) is 8.18. The Bertz CT molecular complexity index is 606. The van der Waals surface area contributed by atoms with Gasteiger partial charge in [0.05, 0.1) is 5.56 Å². The molecule has 1 unspecified atom stereocenters. The molecular formula is C14H10O3. The molecule has 2 aliphatic rings. The molecule has 1 aromatic carbocycles. The average Bonchev–Trinajstić information content (AvgIpc) is 2.28. The van der Waals surface area contributed by atoms with Crippen LogP contribution < -0.4 is 0 Å². The highest BCUT2D eigenvalue weighted by Gasteiger charge is 2.34. The molecule has 0 saturated heterocycles. The highest BCUT2D eigenvalue weighted by atomic mass is 16.3. The maximum Gasteiger partial charge on any atom is 0.182 e. The Labute approximate surface area is 98.0 Å². The van der Waals surface area contributed by atoms with E-state index in [9.17, 15) is 15.0 Å². The number of Topliss-reactive ketones (excluding diaryl/α,β-unsaturated/α-hetero) is 1. The van der Waals surface area contributed by atoms with Crippen LogP contribution >= 0.6 is 0 Å². The predicted molar refractivity (Wildman–Crippen MR) is 63.8 cm³/mol. The van der Waals surface area contributed by atoms with Crippen molar-refractivity contribution in [2.45, 2.75) is 0 Å². The van der Waals surface area contributed by atoms with E-state index in [4.69, 9.17) is 0 Å². The summed E-state index contributed by atoms with van der Waals surface area (Å²) in [7, 11) is 0. The predicted octanol–water partition coefficient (Wildman–Crippen LogP) is 2.60. The molecule has 2 aliphatic carbocycles. The lowest BCUT2D eigenvalue weighted by molar-refractivity contribution is 0.0931. The lowest BCUT2D eigenvalue weighted by Crippen LogP contribution is -2.24. The number of aromatic hydroxyl groups is 1. The fraction of sp³-hybridized carbons (Fsp3) is 0.0714. The minimum atomic E-state index is -0.666. The number of phenolic OH excluding ortho intramolecular Hbond substituents is 1. The molecule has 3 rings (SSSR count). The van der Waals surface area contributed by atoms with Gasteiger partial charge < -0.3 is 10.2 Å². The molecule has 0 heterocycles. The molecule has 0 aliphatic heterocycles. The lowest BCUT2D eigenvalue weighted by Gasteiger charge is -2.24. The van der Waals surface area contributed by atoms with Gasteiger partial charge in [0.15, 0.2) is 5.78 Å². The number of hydrogen-bond donors (Lipinski definition) is 2. The number of carbonyl (C=O) groups is 1. The van der Waals surface area contributed by atoms with E-state index in [-0.39, 0.29) is 22.9 Å². The highest BCUT2D eigenvalue weighted by molar-refractivity contribution is 6.09. The van der Waals surface area contributed by atoms with E-state index < -0.39 is 5.92 Å². The summed E-state index contributed by atoms with van der Waals surface area (Å²) in [5.74, 6) is -0.933. The van der Waals surface area contributed by atoms with Crippen molar-refractivity contribution in [1.29, 1.82) is 0 Å². The van der Waals surface area contributed by atoms with Gasteiger partial charge in [-0.3, -0.25) is 4.79 Å². The first-order valence-corrected chi connectivity index (χ1v) is 5.33. The topological polar surface area (TPSA) is 57.5 Å². The standard InChI is InChI=1S/C14H10O3/c15-10-5-1-3-8-7-9-4-2-6-11(16)13(9)14(17)12(8)10/h1-7,12,15-16H. The SMILES string of the molecule is O=C1c2c(O)cccc2C=C2C=CC=C(O)C12. The molecule has 17 heavy (non-hydrogen) atoms. The molecule has 0 aromatic heterocycles. The molecule has 0 bridgehead atoms. The van der Waals surface area contributed by atoms with Crippen molar-refractivity contribution in [3.05, 3.63) is 58.9 Å². The van der Waals surface area contributed by atoms with Gasteiger partial charge in [-0.2, -0.15) is 0 Å². The van der Waals surface area contributed by atoms with Gasteiger partial charge in [0.2, 0.25) is 0 Å². The number of fused-ring (bicyclic) bond motifs is 2. The maximum atomic E-state index is 12.2. The molecular weight excluding hydrogens is 216 g/mol. The van der Waals surface area contributed by atoms with Crippen LogP contribution in [0.15, 0.2) is 47.8 Å². The van der Waals surface area contributed by atoms with E-state index in [0.29, 0.717) is 5.56 Å². The third kappa shape index (κ3) is 1.32. The Morgan fingerprint density at radius 1 is 1.18 bits per heavy atom. The molecule has 2 N–H and O–H groups in total. The molecule has 1 atom stereocenters. The summed E-state index contributed by atoms with van der Waals surface area (Å²) in [5, 5.41) is 19.5. The van der Waals surface area contributed by atoms with Crippen LogP contribution in [0.5, 0.6) is 5.75 Å². The summed E-state index contributed by atoms with van der Waals surface area (Å²) >= 11 is 0. The van der Waals surface area contributed by atoms with Crippen molar-refractivity contribution in [2.75, 3.05) is 0 Å². The Morgan fingerprint density at radius 2 is 2.00 bits per heavy atom. The third-order valence-electron chi connectivity index (χ3n) is 3.09. The van der Waals surface area contributed by atoms with Crippen LogP contribution in [0.3, 0.4) is 0 Å². The van der Waals surface area contributed by atoms with Crippen molar-refractivity contribution in [1.82, 2.24) is 0 Å². The van der Waals surface area contributed by atoms with Gasteiger partial charge in [-0.25, -0.2) is 0 Å². The van der Waals surface area contributed by atoms with Crippen molar-refractivity contribution < 1.29 is 15.0 Å². The zero-order valence-corrected chi connectivity index (χ0v) is 8.92. The Kier molecular flexibility index (Phi) is 1.95. The zero-order valence-electron chi connectivity index (χ0n) is 8.92. The van der Waals surface area contributed by atoms with Crippen LogP contribution in [0, 0.1) is 5.92 Å². The van der Waals surface area contributed by atoms with Gasteiger partial charge in [-0.1, -0.05) is 24.3 Å². The van der Waals surface area contributed by atoms with E-state index in [1.165, 1.54) is 12.1 Å². The number of phenols is 1. The summed E-state index contributed by atoms with van der Waals surface area (Å²) in [5.41, 5.74) is 1.74. The zero-order chi connectivity index (χ0) is 12.0. The first-order valence-electron chi connectivity index (χ1n) is 5.33. The van der Waals surface area contributed by atoms with E-state index in [2.05, 4.69) is 0 Å². The fourth-order valence-corrected chi connectivity index (χ4v) is 2.31. The van der Waals surface area contributed by atoms with Crippen LogP contribution in [0.25, 0.3) is 6.08 Å². The van der Waals surface area contributed by atoms with Crippen LogP contribution in [0.2, 0.25) is 0 Å². The Hall–Kier alpha value is -2.29. The molecule has 0 spiro atoms. The quantitative estimate of drug-likeness (QED) is 0.714. The van der Waals surface area contributed by atoms with Gasteiger partial charge in [0, 0.05) is 0 Å². The summed E-state index contributed by atoms with van der Waals surface area (Å²) in [6.45, 7) is 0. The number of ketones is 1. The van der Waals surface area contributed by atoms with Gasteiger partial charge in [-0.05, 0) is 29.4 Å². The molecule has 1 aromatic rings. The van der Waals surface area contributed by atoms with Crippen molar-refractivity contribution in [3.8, 4) is 5.75 Å². The number of aliphatic hydroxyl groups is 1. The molecule has 0 amide bonds. The summed E-state index contributed by atoms with van der Waals surface area (Å²) < 4.78 is 0. The molecule has 84 valence electrons. The number of carbonyl (C=O) groups excluding carboxylic acids is 1. The third-order valence-corrected chi connectivity index (χ3v) is 3.09. The van der Waals surface area contributed by atoms with Crippen molar-refractivity contribution in [2.24, 2.45) is 5.92 Å². The second-order valence-corrected chi connectivity index (χ2v) is 4.13. The number of aliphatic hydroxyl groups excluding tert-OH is 1. The normalized spacial score (nSPS) is 21.4. The first kappa shape index (κ1) is 9.90. The smallest absolute Gasteiger partial charge is 0.182 e. The monoisotopic (exact) mass is 226 g/mol. The summed E-state index contributed by atoms with van der Waals surface area (Å²) in [4.78, 5) is 12.2.